The quantitative estimate of drug-likeness (QED) is 0.414. The summed E-state index contributed by atoms with van der Waals surface area (Å²) in [5.41, 5.74) is 0.108. The minimum atomic E-state index is -0.201. The van der Waals surface area contributed by atoms with Crippen molar-refractivity contribution in [3.63, 3.8) is 0 Å². The summed E-state index contributed by atoms with van der Waals surface area (Å²) >= 11 is 5.36. The molecule has 4 saturated carbocycles. The lowest BCUT2D eigenvalue weighted by Crippen LogP contribution is -2.53. The van der Waals surface area contributed by atoms with Crippen molar-refractivity contribution >= 4 is 39.0 Å². The van der Waals surface area contributed by atoms with Gasteiger partial charge in [-0.2, -0.15) is 0 Å². The molecule has 2 unspecified atom stereocenters. The summed E-state index contributed by atoms with van der Waals surface area (Å²) in [7, 11) is 0. The Hall–Kier alpha value is -0.680. The number of hydrogen-bond donors (Lipinski definition) is 0. The molecule has 0 N–H and O–H groups in total. The van der Waals surface area contributed by atoms with Gasteiger partial charge in [-0.05, 0) is 67.2 Å². The standard InChI is InChI=1S/C18H21BrO3S/c19-18-7-12-4-13(8-18)6-17(5-12,11-18)9-16(21)22-10-14(20)15-2-1-3-23-15/h1-3,12-13H,4-11H2/t12-,13+,17?,18?. The Labute approximate surface area is 148 Å². The molecule has 3 nitrogen and oxygen atoms in total. The van der Waals surface area contributed by atoms with Crippen LogP contribution in [0.2, 0.25) is 0 Å². The maximum absolute atomic E-state index is 12.3. The zero-order chi connectivity index (χ0) is 16.1. The lowest BCUT2D eigenvalue weighted by Gasteiger charge is -2.60. The van der Waals surface area contributed by atoms with Gasteiger partial charge < -0.3 is 4.74 Å². The van der Waals surface area contributed by atoms with E-state index in [-0.39, 0.29) is 28.1 Å². The van der Waals surface area contributed by atoms with E-state index < -0.39 is 0 Å². The van der Waals surface area contributed by atoms with E-state index >= 15 is 0 Å². The first-order valence-electron chi connectivity index (χ1n) is 8.37. The fourth-order valence-corrected chi connectivity index (χ4v) is 7.72. The summed E-state index contributed by atoms with van der Waals surface area (Å²) in [5, 5.41) is 1.86. The Morgan fingerprint density at radius 3 is 2.61 bits per heavy atom. The normalized spacial score (nSPS) is 37.8. The molecule has 0 aliphatic heterocycles. The Bertz CT molecular complexity index is 610. The minimum absolute atomic E-state index is 0.101. The van der Waals surface area contributed by atoms with Gasteiger partial charge in [0.05, 0.1) is 11.3 Å². The van der Waals surface area contributed by atoms with Crippen LogP contribution < -0.4 is 0 Å². The lowest BCUT2D eigenvalue weighted by molar-refractivity contribution is -0.149. The molecule has 5 heteroatoms. The second-order valence-corrected chi connectivity index (χ2v) is 10.5. The molecule has 4 fully saturated rings. The van der Waals surface area contributed by atoms with Crippen LogP contribution in [0.4, 0.5) is 0 Å². The molecule has 4 aliphatic carbocycles. The Balaban J connectivity index is 1.36. The van der Waals surface area contributed by atoms with Gasteiger partial charge in [-0.15, -0.1) is 11.3 Å². The highest BCUT2D eigenvalue weighted by Gasteiger charge is 2.57. The van der Waals surface area contributed by atoms with Crippen LogP contribution in [0.15, 0.2) is 17.5 Å². The smallest absolute Gasteiger partial charge is 0.306 e. The number of halogens is 1. The summed E-state index contributed by atoms with van der Waals surface area (Å²) in [6.07, 6.45) is 7.73. The third-order valence-electron chi connectivity index (χ3n) is 5.79. The zero-order valence-corrected chi connectivity index (χ0v) is 15.5. The minimum Gasteiger partial charge on any atom is -0.457 e. The average Bonchev–Trinajstić information content (AvgIpc) is 2.95. The largest absolute Gasteiger partial charge is 0.457 e. The predicted octanol–water partition coefficient (Wildman–Crippen LogP) is 4.60. The van der Waals surface area contributed by atoms with Gasteiger partial charge in [0.2, 0.25) is 5.78 Å². The van der Waals surface area contributed by atoms with E-state index in [0.29, 0.717) is 11.3 Å². The molecule has 0 radical (unpaired) electrons. The number of rotatable bonds is 5. The third kappa shape index (κ3) is 3.14. The topological polar surface area (TPSA) is 43.4 Å². The number of ketones is 1. The number of esters is 1. The maximum Gasteiger partial charge on any atom is 0.306 e. The number of carbonyl (C=O) groups is 2. The molecule has 124 valence electrons. The zero-order valence-electron chi connectivity index (χ0n) is 13.1. The Kier molecular flexibility index (Phi) is 3.92. The van der Waals surface area contributed by atoms with Crippen molar-refractivity contribution in [2.24, 2.45) is 17.3 Å². The van der Waals surface area contributed by atoms with Crippen molar-refractivity contribution in [1.29, 1.82) is 0 Å². The van der Waals surface area contributed by atoms with Crippen LogP contribution in [0, 0.1) is 17.3 Å². The average molecular weight is 397 g/mol. The van der Waals surface area contributed by atoms with E-state index in [1.54, 1.807) is 6.07 Å². The van der Waals surface area contributed by atoms with Gasteiger partial charge in [-0.1, -0.05) is 22.0 Å². The van der Waals surface area contributed by atoms with E-state index in [9.17, 15) is 9.59 Å². The van der Waals surface area contributed by atoms with Gasteiger partial charge in [0.15, 0.2) is 6.61 Å². The molecular weight excluding hydrogens is 376 g/mol. The van der Waals surface area contributed by atoms with E-state index in [1.165, 1.54) is 30.6 Å². The van der Waals surface area contributed by atoms with Crippen molar-refractivity contribution < 1.29 is 14.3 Å². The maximum atomic E-state index is 12.3. The third-order valence-corrected chi connectivity index (χ3v) is 7.63. The SMILES string of the molecule is O=C(CC12C[C@@H]3C[C@@H](CC(Br)(C3)C1)C2)OCC(=O)c1cccs1. The summed E-state index contributed by atoms with van der Waals surface area (Å²) in [6, 6.07) is 3.61. The highest BCUT2D eigenvalue weighted by molar-refractivity contribution is 9.10. The molecule has 1 aromatic heterocycles. The van der Waals surface area contributed by atoms with E-state index in [0.717, 1.165) is 31.1 Å². The van der Waals surface area contributed by atoms with Crippen LogP contribution in [0.5, 0.6) is 0 Å². The number of carbonyl (C=O) groups excluding carboxylic acids is 2. The predicted molar refractivity (Wildman–Crippen MR) is 93.0 cm³/mol. The van der Waals surface area contributed by atoms with Gasteiger partial charge in [0.25, 0.3) is 0 Å². The number of ether oxygens (including phenoxy) is 1. The second kappa shape index (κ2) is 5.69. The van der Waals surface area contributed by atoms with E-state index in [1.807, 2.05) is 11.4 Å². The molecule has 4 bridgehead atoms. The monoisotopic (exact) mass is 396 g/mol. The molecule has 23 heavy (non-hydrogen) atoms. The van der Waals surface area contributed by atoms with Crippen LogP contribution in [-0.4, -0.2) is 22.7 Å². The lowest BCUT2D eigenvalue weighted by atomic mass is 9.49. The highest BCUT2D eigenvalue weighted by Crippen LogP contribution is 2.65. The summed E-state index contributed by atoms with van der Waals surface area (Å²) in [6.45, 7) is -0.123. The number of thiophene rings is 1. The first-order valence-corrected chi connectivity index (χ1v) is 10.0. The van der Waals surface area contributed by atoms with E-state index in [2.05, 4.69) is 15.9 Å². The van der Waals surface area contributed by atoms with Crippen molar-refractivity contribution in [2.75, 3.05) is 6.61 Å². The molecule has 4 aliphatic rings. The van der Waals surface area contributed by atoms with Crippen LogP contribution in [0.3, 0.4) is 0 Å². The fraction of sp³-hybridized carbons (Fsp3) is 0.667. The van der Waals surface area contributed by atoms with E-state index in [4.69, 9.17) is 4.74 Å². The Morgan fingerprint density at radius 1 is 1.26 bits per heavy atom. The molecule has 5 rings (SSSR count). The number of Topliss-reactive ketones (excluding diaryl/α,β-unsaturated/α-hetero) is 1. The van der Waals surface area contributed by atoms with Crippen molar-refractivity contribution in [1.82, 2.24) is 0 Å². The molecule has 0 amide bonds. The summed E-state index contributed by atoms with van der Waals surface area (Å²) in [5.74, 6) is 1.22. The van der Waals surface area contributed by atoms with Crippen LogP contribution in [-0.2, 0) is 9.53 Å². The number of alkyl halides is 1. The van der Waals surface area contributed by atoms with Crippen molar-refractivity contribution in [3.05, 3.63) is 22.4 Å². The van der Waals surface area contributed by atoms with Crippen LogP contribution in [0.25, 0.3) is 0 Å². The fourth-order valence-electron chi connectivity index (χ4n) is 5.55. The Morgan fingerprint density at radius 2 is 2.00 bits per heavy atom. The van der Waals surface area contributed by atoms with Gasteiger partial charge >= 0.3 is 5.97 Å². The first-order chi connectivity index (χ1) is 11.0. The summed E-state index contributed by atoms with van der Waals surface area (Å²) < 4.78 is 5.56. The molecule has 0 saturated heterocycles. The van der Waals surface area contributed by atoms with Gasteiger partial charge in [0, 0.05) is 4.32 Å². The first kappa shape index (κ1) is 15.8. The van der Waals surface area contributed by atoms with Gasteiger partial charge in [-0.25, -0.2) is 0 Å². The van der Waals surface area contributed by atoms with Crippen molar-refractivity contribution in [3.8, 4) is 0 Å². The molecule has 0 spiro atoms. The highest BCUT2D eigenvalue weighted by atomic mass is 79.9. The summed E-state index contributed by atoms with van der Waals surface area (Å²) in [4.78, 5) is 24.9. The van der Waals surface area contributed by atoms with Gasteiger partial charge in [0.1, 0.15) is 0 Å². The second-order valence-electron chi connectivity index (χ2n) is 7.85. The molecule has 0 aromatic carbocycles. The molecule has 1 aromatic rings. The molecular formula is C18H21BrO3S. The van der Waals surface area contributed by atoms with Crippen LogP contribution in [0.1, 0.15) is 54.6 Å². The molecule has 4 atom stereocenters. The number of hydrogen-bond acceptors (Lipinski definition) is 4. The van der Waals surface area contributed by atoms with Gasteiger partial charge in [-0.3, -0.25) is 9.59 Å². The van der Waals surface area contributed by atoms with Crippen LogP contribution >= 0.6 is 27.3 Å². The van der Waals surface area contributed by atoms with Crippen molar-refractivity contribution in [2.45, 2.75) is 49.3 Å². The molecule has 1 heterocycles.